The Bertz CT molecular complexity index is 8570. The molecule has 0 atom stereocenters. The predicted octanol–water partition coefficient (Wildman–Crippen LogP) is 41.1. The molecular weight excluding hydrogens is 1800 g/mol. The van der Waals surface area contributed by atoms with E-state index in [0.29, 0.717) is 0 Å². The maximum atomic E-state index is 2.58. The van der Waals surface area contributed by atoms with Crippen LogP contribution >= 0.6 is 0 Å². The number of hydrogen-bond acceptors (Lipinski definition) is 0. The maximum absolute atomic E-state index is 2.58. The minimum absolute atomic E-state index is 0.00191. The van der Waals surface area contributed by atoms with Crippen molar-refractivity contribution in [1.82, 2.24) is 22.8 Å². The first-order valence-corrected chi connectivity index (χ1v) is 54.6. The van der Waals surface area contributed by atoms with Crippen LogP contribution in [0.5, 0.6) is 0 Å². The lowest BCUT2D eigenvalue weighted by Crippen LogP contribution is -2.22. The fourth-order valence-electron chi connectivity index (χ4n) is 23.4. The molecule has 0 unspecified atom stereocenters. The second-order valence-electron chi connectivity index (χ2n) is 55.3. The van der Waals surface area contributed by atoms with Crippen LogP contribution in [0.25, 0.3) is 171 Å². The van der Waals surface area contributed by atoms with E-state index in [1.54, 1.807) is 0 Å². The van der Waals surface area contributed by atoms with Gasteiger partial charge in [-0.1, -0.05) is 449 Å². The molecule has 5 nitrogen and oxygen atoms in total. The van der Waals surface area contributed by atoms with Crippen molar-refractivity contribution in [3.8, 4) is 61.8 Å². The molecule has 0 amide bonds. The van der Waals surface area contributed by atoms with Gasteiger partial charge in [0.25, 0.3) is 0 Å². The minimum atomic E-state index is -0.207. The third kappa shape index (κ3) is 19.1. The summed E-state index contributed by atoms with van der Waals surface area (Å²) < 4.78 is 12.6. The summed E-state index contributed by atoms with van der Waals surface area (Å²) in [4.78, 5) is 0. The molecule has 5 heteroatoms. The third-order valence-corrected chi connectivity index (χ3v) is 31.4. The van der Waals surface area contributed by atoms with E-state index < -0.39 is 0 Å². The van der Waals surface area contributed by atoms with Crippen LogP contribution in [0.1, 0.15) is 316 Å². The van der Waals surface area contributed by atoms with Gasteiger partial charge in [0, 0.05) is 70.9 Å². The summed E-state index contributed by atoms with van der Waals surface area (Å²) in [5.41, 5.74) is 42.6. The number of para-hydroxylation sites is 5. The van der Waals surface area contributed by atoms with Crippen molar-refractivity contribution in [2.75, 3.05) is 0 Å². The number of hydrogen-bond donors (Lipinski definition) is 0. The molecule has 5 heterocycles. The molecular formula is C144H161N5. The maximum Gasteiger partial charge on any atom is 0.0547 e. The lowest BCUT2D eigenvalue weighted by molar-refractivity contribution is 0.535. The zero-order valence-corrected chi connectivity index (χ0v) is 96.3. The Morgan fingerprint density at radius 2 is 0.369 bits per heavy atom. The normalized spacial score (nSPS) is 13.2. The van der Waals surface area contributed by atoms with Crippen molar-refractivity contribution in [2.24, 2.45) is 0 Å². The highest BCUT2D eigenvalue weighted by Crippen LogP contribution is 2.55. The summed E-state index contributed by atoms with van der Waals surface area (Å²) in [6.07, 6.45) is 0. The lowest BCUT2D eigenvalue weighted by atomic mass is 9.73. The highest BCUT2D eigenvalue weighted by atomic mass is 15.0. The molecule has 21 aromatic rings. The van der Waals surface area contributed by atoms with Gasteiger partial charge >= 0.3 is 0 Å². The second kappa shape index (κ2) is 36.7. The van der Waals surface area contributed by atoms with Crippen LogP contribution in [0.2, 0.25) is 0 Å². The van der Waals surface area contributed by atoms with Crippen molar-refractivity contribution in [3.05, 3.63) is 388 Å². The summed E-state index contributed by atoms with van der Waals surface area (Å²) in [5.74, 6) is 0. The van der Waals surface area contributed by atoms with E-state index in [1.165, 1.54) is 238 Å². The Morgan fingerprint density at radius 3 is 0.631 bits per heavy atom. The molecule has 0 saturated carbocycles. The molecule has 0 fully saturated rings. The SMILES string of the molecule is CC(C)(C)c1cc(-c2cccc3c2c2c(C(C)(C)C)c(-n4c5ccc(C(C)(C)C)cc5c5cc(C(C)(C)C)ccc54)ccc2n3-c2ccccc2)cc(C(C)(C)C)c1.CC(C)(C)c1cc(-c2cccc3c2c2c(C(C)(C)C)c(-n4c5ccccc5c5ccccc54)ccc2n3-c2ccccc2)cc(C(C)(C)C)c1.CC(C)(C)c1cc(-c2cccc3c2c2c(C(C)(C)C)c(C(C)(C)C)ccc2n3-c2ccccc2)cc(C(C)(C)C)c1. The fourth-order valence-corrected chi connectivity index (χ4v) is 23.4. The molecule has 0 N–H and O–H groups in total. The van der Waals surface area contributed by atoms with Crippen LogP contribution < -0.4 is 0 Å². The van der Waals surface area contributed by atoms with Crippen LogP contribution in [-0.4, -0.2) is 22.8 Å². The van der Waals surface area contributed by atoms with Gasteiger partial charge in [0.1, 0.15) is 0 Å². The van der Waals surface area contributed by atoms with E-state index >= 15 is 0 Å². The monoisotopic (exact) mass is 1960 g/mol. The Labute approximate surface area is 889 Å². The Hall–Kier alpha value is -13.5. The van der Waals surface area contributed by atoms with Crippen LogP contribution in [0.3, 0.4) is 0 Å². The summed E-state index contributed by atoms with van der Waals surface area (Å²) >= 11 is 0. The fraction of sp³-hybridized carbons (Fsp3) is 0.333. The molecule has 0 aliphatic rings. The quantitative estimate of drug-likeness (QED) is 0.145. The summed E-state index contributed by atoms with van der Waals surface area (Å²) in [6, 6.07) is 122. The van der Waals surface area contributed by atoms with Crippen LogP contribution in [-0.2, 0) is 65.0 Å². The average Bonchev–Trinajstić information content (AvgIpc) is 1.38. The van der Waals surface area contributed by atoms with Crippen LogP contribution in [0.4, 0.5) is 0 Å². The lowest BCUT2D eigenvalue weighted by Gasteiger charge is -2.31. The third-order valence-electron chi connectivity index (χ3n) is 31.4. The first kappa shape index (κ1) is 104. The van der Waals surface area contributed by atoms with E-state index in [0.717, 1.165) is 0 Å². The number of rotatable bonds is 8. The van der Waals surface area contributed by atoms with E-state index in [1.807, 2.05) is 0 Å². The van der Waals surface area contributed by atoms with Gasteiger partial charge in [-0.2, -0.15) is 0 Å². The number of benzene rings is 16. The van der Waals surface area contributed by atoms with Crippen molar-refractivity contribution < 1.29 is 0 Å². The number of aromatic nitrogens is 5. The first-order chi connectivity index (χ1) is 69.6. The van der Waals surface area contributed by atoms with Crippen LogP contribution in [0.15, 0.2) is 322 Å². The Kier molecular flexibility index (Phi) is 25.7. The molecule has 149 heavy (non-hydrogen) atoms. The Morgan fingerprint density at radius 1 is 0.141 bits per heavy atom. The molecule has 0 bridgehead atoms. The van der Waals surface area contributed by atoms with Gasteiger partial charge in [-0.25, -0.2) is 0 Å². The van der Waals surface area contributed by atoms with Gasteiger partial charge in [0.2, 0.25) is 0 Å². The van der Waals surface area contributed by atoms with Crippen molar-refractivity contribution in [2.45, 2.75) is 314 Å². The number of nitrogens with zero attached hydrogens (tertiary/aromatic N) is 5. The average molecular weight is 1960 g/mol. The van der Waals surface area contributed by atoms with E-state index in [9.17, 15) is 0 Å². The van der Waals surface area contributed by atoms with E-state index in [-0.39, 0.29) is 65.0 Å². The van der Waals surface area contributed by atoms with E-state index in [2.05, 4.69) is 594 Å². The molecule has 0 radical (unpaired) electrons. The Balaban J connectivity index is 0.000000143. The first-order valence-electron chi connectivity index (χ1n) is 54.6. The predicted molar refractivity (Wildman–Crippen MR) is 652 cm³/mol. The summed E-state index contributed by atoms with van der Waals surface area (Å²) in [6.45, 7) is 84.4. The molecule has 21 rings (SSSR count). The van der Waals surface area contributed by atoms with Gasteiger partial charge in [-0.05, 0) is 286 Å². The number of fused-ring (bicyclic) bond motifs is 15. The highest BCUT2D eigenvalue weighted by molar-refractivity contribution is 6.22. The van der Waals surface area contributed by atoms with E-state index in [4.69, 9.17) is 0 Å². The highest BCUT2D eigenvalue weighted by Gasteiger charge is 2.38. The summed E-state index contributed by atoms with van der Waals surface area (Å²) in [7, 11) is 0. The largest absolute Gasteiger partial charge is 0.309 e. The zero-order valence-electron chi connectivity index (χ0n) is 96.3. The minimum Gasteiger partial charge on any atom is -0.309 e. The molecule has 0 aliphatic heterocycles. The molecule has 0 saturated heterocycles. The molecule has 16 aromatic carbocycles. The molecule has 0 aliphatic carbocycles. The van der Waals surface area contributed by atoms with Crippen molar-refractivity contribution in [1.29, 1.82) is 0 Å². The van der Waals surface area contributed by atoms with Crippen molar-refractivity contribution in [3.63, 3.8) is 0 Å². The van der Waals surface area contributed by atoms with Gasteiger partial charge in [0.15, 0.2) is 0 Å². The smallest absolute Gasteiger partial charge is 0.0547 e. The van der Waals surface area contributed by atoms with Crippen molar-refractivity contribution >= 4 is 109 Å². The second-order valence-corrected chi connectivity index (χ2v) is 55.3. The van der Waals surface area contributed by atoms with Gasteiger partial charge in [-0.15, -0.1) is 0 Å². The van der Waals surface area contributed by atoms with Gasteiger partial charge < -0.3 is 22.8 Å². The molecule has 5 aromatic heterocycles. The van der Waals surface area contributed by atoms with Gasteiger partial charge in [-0.3, -0.25) is 0 Å². The summed E-state index contributed by atoms with van der Waals surface area (Å²) in [5, 5.41) is 13.2. The van der Waals surface area contributed by atoms with Crippen LogP contribution in [0, 0.1) is 0 Å². The topological polar surface area (TPSA) is 24.6 Å². The molecule has 0 spiro atoms. The molecule has 762 valence electrons. The van der Waals surface area contributed by atoms with Gasteiger partial charge in [0.05, 0.1) is 66.5 Å². The zero-order chi connectivity index (χ0) is 107. The standard InChI is InChI=1S/C56H64N2.C48H48N2.C40H49N/c1-52(2,3)36-24-26-44-42(33-36)43-34-37(53(4,5)6)25-27-45(43)58(44)48-29-28-47-50(51(48)56(13,14)15)49-41(22-19-23-46(49)57(47)40-20-17-16-18-21-40)35-30-38(54(7,8)9)32-39(31-35)55(10,11)12;1-46(2,3)32-28-31(29-33(30-32)47(4,5)6)35-22-17-25-40-43(35)44-41(49(40)34-18-11-10-12-19-34)26-27-42(45(44)48(7,8)9)50-38-23-15-13-20-36(38)37-21-14-16-24-39(37)50;1-37(2,3)27-23-26(24-28(25-27)38(4,5)6)30-19-16-20-32-34(30)35-33(41(32)29-17-14-13-15-18-29)22-21-31(39(7,8)9)36(35)40(10,11)12/h16-34H,1-15H3;10-30H,1-9H3;13-25H,1-12H3.